The molecule has 0 bridgehead atoms. The Hall–Kier alpha value is 0.973. The zero-order chi connectivity index (χ0) is 5.91. The van der Waals surface area contributed by atoms with Gasteiger partial charge in [0.2, 0.25) is 0 Å². The molecule has 0 aliphatic heterocycles. The Bertz CT molecular complexity index is 104. The molecule has 0 saturated heterocycles. The molecule has 0 spiro atoms. The van der Waals surface area contributed by atoms with E-state index in [0.717, 1.165) is 0 Å². The number of rotatable bonds is 0. The molecule has 0 aliphatic carbocycles. The van der Waals surface area contributed by atoms with Crippen LogP contribution in [0.2, 0.25) is 0 Å². The van der Waals surface area contributed by atoms with Gasteiger partial charge in [0, 0.05) is 0 Å². The Morgan fingerprint density at radius 2 is 1.86 bits per heavy atom. The van der Waals surface area contributed by atoms with Crippen molar-refractivity contribution < 1.29 is 0 Å². The van der Waals surface area contributed by atoms with Crippen molar-refractivity contribution in [2.45, 2.75) is 3.17 Å². The monoisotopic (exact) mass is 215 g/mol. The van der Waals surface area contributed by atoms with Gasteiger partial charge in [0.05, 0.1) is 0 Å². The van der Waals surface area contributed by atoms with E-state index in [9.17, 15) is 0 Å². The van der Waals surface area contributed by atoms with Crippen LogP contribution in [0, 0.1) is 11.3 Å². The van der Waals surface area contributed by atoms with E-state index in [1.165, 1.54) is 0 Å². The first-order valence-electron chi connectivity index (χ1n) is 1.32. The second kappa shape index (κ2) is 3.09. The number of hydrogen-bond donors (Lipinski definition) is 0. The Balaban J connectivity index is 3.72. The molecule has 0 aromatic carbocycles. The van der Waals surface area contributed by atoms with Gasteiger partial charge in [-0.3, -0.25) is 0 Å². The minimum atomic E-state index is -0.998. The van der Waals surface area contributed by atoms with Crippen LogP contribution in [-0.4, -0.2) is 19.7 Å². The van der Waals surface area contributed by atoms with Gasteiger partial charge in [-0.2, -0.15) is 0 Å². The van der Waals surface area contributed by atoms with Crippen molar-refractivity contribution in [1.29, 1.82) is 0 Å². The average Bonchev–Trinajstić information content (AvgIpc) is 1.30. The van der Waals surface area contributed by atoms with Crippen molar-refractivity contribution in [3.8, 4) is 11.3 Å². The van der Waals surface area contributed by atoms with Gasteiger partial charge in [-0.25, -0.2) is 0 Å². The number of halogens is 3. The Morgan fingerprint density at radius 1 is 1.43 bits per heavy atom. The molecule has 4 heteroatoms. The Morgan fingerprint density at radius 3 is 1.86 bits per heavy atom. The average molecular weight is 215 g/mol. The number of alkyl halides is 2. The maximum atomic E-state index is 5.34. The first kappa shape index (κ1) is 7.97. The first-order valence-corrected chi connectivity index (χ1v) is 3.50. The normalized spacial score (nSPS) is 9.71. The zero-order valence-electron chi connectivity index (χ0n) is 3.13. The SMILES string of the molecule is ClC#C[C](Cl)(Cl)[Ge]. The van der Waals surface area contributed by atoms with Gasteiger partial charge in [-0.15, -0.1) is 0 Å². The molecule has 0 unspecified atom stereocenters. The maximum absolute atomic E-state index is 5.34. The van der Waals surface area contributed by atoms with Crippen molar-refractivity contribution in [3.63, 3.8) is 0 Å². The van der Waals surface area contributed by atoms with E-state index in [-0.39, 0.29) is 0 Å². The summed E-state index contributed by atoms with van der Waals surface area (Å²) in [5.74, 6) is 2.33. The van der Waals surface area contributed by atoms with E-state index >= 15 is 0 Å². The fraction of sp³-hybridized carbons (Fsp3) is 0.333. The van der Waals surface area contributed by atoms with Crippen LogP contribution in [0.25, 0.3) is 0 Å². The van der Waals surface area contributed by atoms with Crippen LogP contribution >= 0.6 is 34.8 Å². The predicted molar refractivity (Wildman–Crippen MR) is 33.8 cm³/mol. The Kier molecular flexibility index (Phi) is 3.52. The summed E-state index contributed by atoms with van der Waals surface area (Å²) in [6.45, 7) is 0. The fourth-order valence-corrected chi connectivity index (χ4v) is 0.690. The van der Waals surface area contributed by atoms with Crippen molar-refractivity contribution in [1.82, 2.24) is 0 Å². The molecule has 0 aliphatic rings. The number of hydrogen-bond acceptors (Lipinski definition) is 0. The first-order chi connectivity index (χ1) is 3.06. The second-order valence-electron chi connectivity index (χ2n) is 0.794. The van der Waals surface area contributed by atoms with E-state index < -0.39 is 3.17 Å². The fourth-order valence-electron chi connectivity index (χ4n) is 0.0593. The van der Waals surface area contributed by atoms with Crippen LogP contribution in [-0.2, 0) is 0 Å². The molecule has 0 saturated carbocycles. The van der Waals surface area contributed by atoms with Crippen LogP contribution in [0.1, 0.15) is 0 Å². The van der Waals surface area contributed by atoms with E-state index in [4.69, 9.17) is 34.8 Å². The van der Waals surface area contributed by atoms with Crippen LogP contribution in [0.5, 0.6) is 0 Å². The molecule has 0 atom stereocenters. The molecule has 0 amide bonds. The molecular formula is C3Cl3Ge. The summed E-state index contributed by atoms with van der Waals surface area (Å²) in [4.78, 5) is 0. The van der Waals surface area contributed by atoms with E-state index in [0.29, 0.717) is 0 Å². The summed E-state index contributed by atoms with van der Waals surface area (Å²) in [5.41, 5.74) is 0. The van der Waals surface area contributed by atoms with Gasteiger partial charge in [0.15, 0.2) is 0 Å². The van der Waals surface area contributed by atoms with E-state index in [2.05, 4.69) is 11.3 Å². The molecule has 0 heterocycles. The Labute approximate surface area is 65.7 Å². The molecule has 7 heavy (non-hydrogen) atoms. The van der Waals surface area contributed by atoms with Crippen LogP contribution < -0.4 is 0 Å². The van der Waals surface area contributed by atoms with Gasteiger partial charge >= 0.3 is 65.8 Å². The van der Waals surface area contributed by atoms with Gasteiger partial charge < -0.3 is 0 Å². The predicted octanol–water partition coefficient (Wildman–Crippen LogP) is 1.49. The molecule has 0 nitrogen and oxygen atoms in total. The molecule has 37 valence electrons. The zero-order valence-corrected chi connectivity index (χ0v) is 7.50. The van der Waals surface area contributed by atoms with Gasteiger partial charge in [-0.1, -0.05) is 0 Å². The topological polar surface area (TPSA) is 0 Å². The quantitative estimate of drug-likeness (QED) is 0.326. The molecule has 0 aromatic rings. The summed E-state index contributed by atoms with van der Waals surface area (Å²) in [6, 6.07) is 0. The molecule has 3 radical (unpaired) electrons. The summed E-state index contributed by atoms with van der Waals surface area (Å²) >= 11 is 17.2. The van der Waals surface area contributed by atoms with Crippen LogP contribution in [0.3, 0.4) is 0 Å². The minimum absolute atomic E-state index is 0.998. The molecule has 0 fully saturated rings. The van der Waals surface area contributed by atoms with Gasteiger partial charge in [0.1, 0.15) is 0 Å². The third kappa shape index (κ3) is 6.97. The third-order valence-electron chi connectivity index (χ3n) is 0.204. The van der Waals surface area contributed by atoms with Crippen molar-refractivity contribution in [2.75, 3.05) is 0 Å². The summed E-state index contributed by atoms with van der Waals surface area (Å²) < 4.78 is -0.998. The van der Waals surface area contributed by atoms with Crippen LogP contribution in [0.15, 0.2) is 0 Å². The van der Waals surface area contributed by atoms with Gasteiger partial charge in [-0.05, 0) is 0 Å². The summed E-state index contributed by atoms with van der Waals surface area (Å²) in [6.07, 6.45) is 0. The molecule has 0 N–H and O–H groups in total. The summed E-state index contributed by atoms with van der Waals surface area (Å²) in [7, 11) is 0. The van der Waals surface area contributed by atoms with Crippen molar-refractivity contribution >= 4 is 51.3 Å². The molecule has 0 aromatic heterocycles. The molecule has 0 rings (SSSR count). The van der Waals surface area contributed by atoms with E-state index in [1.54, 1.807) is 16.5 Å². The third-order valence-corrected chi connectivity index (χ3v) is 0.750. The standard InChI is InChI=1S/C3Cl3Ge/c4-2-1-3(5,6)7. The molecular weight excluding hydrogens is 215 g/mol. The second-order valence-corrected chi connectivity index (χ2v) is 5.21. The van der Waals surface area contributed by atoms with E-state index in [1.807, 2.05) is 0 Å². The van der Waals surface area contributed by atoms with Crippen LogP contribution in [0.4, 0.5) is 0 Å². The summed E-state index contributed by atoms with van der Waals surface area (Å²) in [5, 5.41) is 2.07. The van der Waals surface area contributed by atoms with Crippen molar-refractivity contribution in [3.05, 3.63) is 0 Å². The van der Waals surface area contributed by atoms with Gasteiger partial charge in [0.25, 0.3) is 0 Å². The van der Waals surface area contributed by atoms with Crippen molar-refractivity contribution in [2.24, 2.45) is 0 Å².